The van der Waals surface area contributed by atoms with Crippen LogP contribution in [0.4, 0.5) is 0 Å². The van der Waals surface area contributed by atoms with Crippen molar-refractivity contribution in [1.82, 2.24) is 10.4 Å². The molecule has 0 aliphatic carbocycles. The first-order valence-corrected chi connectivity index (χ1v) is 8.81. The van der Waals surface area contributed by atoms with Crippen molar-refractivity contribution in [3.63, 3.8) is 0 Å². The molecule has 27 heavy (non-hydrogen) atoms. The lowest BCUT2D eigenvalue weighted by molar-refractivity contribution is -0.145. The zero-order valence-electron chi connectivity index (χ0n) is 15.3. The fourth-order valence-electron chi connectivity index (χ4n) is 2.95. The summed E-state index contributed by atoms with van der Waals surface area (Å²) in [6, 6.07) is 16.8. The van der Waals surface area contributed by atoms with Gasteiger partial charge in [0.05, 0.1) is 12.3 Å². The summed E-state index contributed by atoms with van der Waals surface area (Å²) < 4.78 is 10.6. The molecule has 140 valence electrons. The summed E-state index contributed by atoms with van der Waals surface area (Å²) in [7, 11) is 0. The van der Waals surface area contributed by atoms with E-state index in [0.717, 1.165) is 16.8 Å². The summed E-state index contributed by atoms with van der Waals surface area (Å²) in [4.78, 5) is 23.8. The van der Waals surface area contributed by atoms with E-state index in [1.165, 1.54) is 6.92 Å². The molecular weight excluding hydrogens is 344 g/mol. The van der Waals surface area contributed by atoms with Gasteiger partial charge in [-0.3, -0.25) is 10.2 Å². The monoisotopic (exact) mass is 366 g/mol. The molecule has 3 rings (SSSR count). The molecule has 6 nitrogen and oxygen atoms in total. The van der Waals surface area contributed by atoms with Gasteiger partial charge >= 0.3 is 5.97 Å². The lowest BCUT2D eigenvalue weighted by atomic mass is 10.0. The van der Waals surface area contributed by atoms with Gasteiger partial charge in [-0.2, -0.15) is 0 Å². The van der Waals surface area contributed by atoms with Crippen molar-refractivity contribution in [3.8, 4) is 5.75 Å². The first-order chi connectivity index (χ1) is 13.1. The van der Waals surface area contributed by atoms with Crippen molar-refractivity contribution in [2.75, 3.05) is 13.2 Å². The largest absolute Gasteiger partial charge is 0.482 e. The lowest BCUT2D eigenvalue weighted by Crippen LogP contribution is -2.38. The van der Waals surface area contributed by atoms with E-state index in [1.54, 1.807) is 18.0 Å². The highest BCUT2D eigenvalue weighted by molar-refractivity contribution is 5.79. The van der Waals surface area contributed by atoms with Crippen LogP contribution in [0.3, 0.4) is 0 Å². The molecule has 6 heteroatoms. The third-order valence-corrected chi connectivity index (χ3v) is 4.16. The average Bonchev–Trinajstić information content (AvgIpc) is 3.13. The Morgan fingerprint density at radius 3 is 2.48 bits per heavy atom. The van der Waals surface area contributed by atoms with Crippen LogP contribution >= 0.6 is 0 Å². The number of carbonyl (C=O) groups is 2. The smallest absolute Gasteiger partial charge is 0.344 e. The highest BCUT2D eigenvalue weighted by Crippen LogP contribution is 2.35. The van der Waals surface area contributed by atoms with E-state index >= 15 is 0 Å². The van der Waals surface area contributed by atoms with Gasteiger partial charge in [0.1, 0.15) is 11.8 Å². The number of nitrogens with one attached hydrogen (secondary N) is 1. The molecule has 1 N–H and O–H groups in total. The van der Waals surface area contributed by atoms with Gasteiger partial charge in [-0.15, -0.1) is 0 Å². The van der Waals surface area contributed by atoms with E-state index in [2.05, 4.69) is 5.43 Å². The van der Waals surface area contributed by atoms with E-state index < -0.39 is 5.97 Å². The molecule has 0 saturated heterocycles. The standard InChI is InChI=1S/C21H22N2O4/c1-3-26-21(25)14-27-20-12-8-7-11-17(20)19-13-18(22-23(19)15(2)24)16-9-5-4-6-10-16/h4-13,19,22H,3,14H2,1-2H3/t19-/m0/s1. The number of benzene rings is 2. The number of para-hydroxylation sites is 1. The van der Waals surface area contributed by atoms with Crippen molar-refractivity contribution < 1.29 is 19.1 Å². The number of hydrogen-bond donors (Lipinski definition) is 1. The zero-order valence-corrected chi connectivity index (χ0v) is 15.3. The van der Waals surface area contributed by atoms with Gasteiger partial charge in [0.25, 0.3) is 0 Å². The Morgan fingerprint density at radius 2 is 1.78 bits per heavy atom. The van der Waals surface area contributed by atoms with Crippen molar-refractivity contribution in [2.45, 2.75) is 19.9 Å². The van der Waals surface area contributed by atoms with E-state index in [1.807, 2.05) is 54.6 Å². The predicted octanol–water partition coefficient (Wildman–Crippen LogP) is 3.08. The van der Waals surface area contributed by atoms with Gasteiger partial charge in [-0.1, -0.05) is 48.5 Å². The highest BCUT2D eigenvalue weighted by atomic mass is 16.6. The molecule has 0 unspecified atom stereocenters. The number of amides is 1. The number of hydrogen-bond acceptors (Lipinski definition) is 5. The highest BCUT2D eigenvalue weighted by Gasteiger charge is 2.30. The molecule has 0 fully saturated rings. The maximum absolute atomic E-state index is 12.2. The van der Waals surface area contributed by atoms with Crippen molar-refractivity contribution in [2.24, 2.45) is 0 Å². The van der Waals surface area contributed by atoms with Crippen LogP contribution in [0.1, 0.15) is 31.0 Å². The number of rotatable bonds is 6. The quantitative estimate of drug-likeness (QED) is 0.796. The second-order valence-electron chi connectivity index (χ2n) is 6.02. The molecule has 1 aliphatic rings. The lowest BCUT2D eigenvalue weighted by Gasteiger charge is -2.25. The topological polar surface area (TPSA) is 67.9 Å². The van der Waals surface area contributed by atoms with E-state index in [9.17, 15) is 9.59 Å². The maximum atomic E-state index is 12.2. The Balaban J connectivity index is 1.90. The van der Waals surface area contributed by atoms with Crippen molar-refractivity contribution >= 4 is 17.6 Å². The molecule has 0 radical (unpaired) electrons. The third-order valence-electron chi connectivity index (χ3n) is 4.16. The second kappa shape index (κ2) is 8.40. The maximum Gasteiger partial charge on any atom is 0.344 e. The van der Waals surface area contributed by atoms with E-state index in [4.69, 9.17) is 9.47 Å². The normalized spacial score (nSPS) is 15.7. The minimum Gasteiger partial charge on any atom is -0.482 e. The molecule has 1 heterocycles. The Hall–Kier alpha value is -3.28. The molecular formula is C21H22N2O4. The van der Waals surface area contributed by atoms with Crippen molar-refractivity contribution in [1.29, 1.82) is 0 Å². The molecule has 0 saturated carbocycles. The number of esters is 1. The minimum absolute atomic E-state index is 0.123. The third kappa shape index (κ3) is 4.28. The molecule has 1 amide bonds. The summed E-state index contributed by atoms with van der Waals surface area (Å²) in [5.74, 6) is -0.0164. The number of ether oxygens (including phenoxy) is 2. The second-order valence-corrected chi connectivity index (χ2v) is 6.02. The van der Waals surface area contributed by atoms with Gasteiger partial charge in [-0.25, -0.2) is 9.80 Å². The van der Waals surface area contributed by atoms with Gasteiger partial charge in [0, 0.05) is 12.5 Å². The number of carbonyl (C=O) groups excluding carboxylic acids is 2. The molecule has 2 aromatic carbocycles. The summed E-state index contributed by atoms with van der Waals surface area (Å²) in [6.45, 7) is 3.37. The SMILES string of the molecule is CCOC(=O)COc1ccccc1[C@@H]1C=C(c2ccccc2)NN1C(C)=O. The van der Waals surface area contributed by atoms with Crippen LogP contribution in [0.5, 0.6) is 5.75 Å². The molecule has 0 spiro atoms. The Morgan fingerprint density at radius 1 is 1.07 bits per heavy atom. The minimum atomic E-state index is -0.430. The fraction of sp³-hybridized carbons (Fsp3) is 0.238. The fourth-order valence-corrected chi connectivity index (χ4v) is 2.95. The van der Waals surface area contributed by atoms with Crippen LogP contribution in [0.25, 0.3) is 5.70 Å². The van der Waals surface area contributed by atoms with E-state index in [0.29, 0.717) is 12.4 Å². The summed E-state index contributed by atoms with van der Waals surface area (Å²) in [6.07, 6.45) is 1.98. The van der Waals surface area contributed by atoms with Crippen LogP contribution in [-0.2, 0) is 14.3 Å². The molecule has 0 aromatic heterocycles. The zero-order chi connectivity index (χ0) is 19.2. The van der Waals surface area contributed by atoms with Crippen molar-refractivity contribution in [3.05, 3.63) is 71.8 Å². The Kier molecular flexibility index (Phi) is 5.76. The Bertz CT molecular complexity index is 848. The average molecular weight is 366 g/mol. The van der Waals surface area contributed by atoms with Gasteiger partial charge in [-0.05, 0) is 24.6 Å². The molecule has 1 aliphatic heterocycles. The summed E-state index contributed by atoms with van der Waals surface area (Å²) >= 11 is 0. The van der Waals surface area contributed by atoms with Crippen LogP contribution in [-0.4, -0.2) is 30.1 Å². The molecule has 1 atom stereocenters. The number of nitrogens with zero attached hydrogens (tertiary/aromatic N) is 1. The summed E-state index contributed by atoms with van der Waals surface area (Å²) in [5, 5.41) is 1.55. The van der Waals surface area contributed by atoms with Crippen LogP contribution in [0, 0.1) is 0 Å². The molecule has 2 aromatic rings. The first kappa shape index (κ1) is 18.5. The van der Waals surface area contributed by atoms with Gasteiger partial charge < -0.3 is 9.47 Å². The predicted molar refractivity (Wildman–Crippen MR) is 101 cm³/mol. The van der Waals surface area contributed by atoms with Crippen LogP contribution < -0.4 is 10.2 Å². The van der Waals surface area contributed by atoms with Crippen LogP contribution in [0.2, 0.25) is 0 Å². The Labute approximate surface area is 158 Å². The first-order valence-electron chi connectivity index (χ1n) is 8.81. The number of hydrazine groups is 1. The van der Waals surface area contributed by atoms with Gasteiger partial charge in [0.2, 0.25) is 5.91 Å². The van der Waals surface area contributed by atoms with Gasteiger partial charge in [0.15, 0.2) is 6.61 Å². The molecule has 0 bridgehead atoms. The summed E-state index contributed by atoms with van der Waals surface area (Å²) in [5.41, 5.74) is 5.78. The van der Waals surface area contributed by atoms with E-state index in [-0.39, 0.29) is 18.6 Å². The van der Waals surface area contributed by atoms with Crippen LogP contribution in [0.15, 0.2) is 60.7 Å².